The number of nitrogens with one attached hydrogen (secondary N) is 1. The average Bonchev–Trinajstić information content (AvgIpc) is 3.18. The monoisotopic (exact) mass is 494 g/mol. The fourth-order valence-corrected chi connectivity index (χ4v) is 5.48. The summed E-state index contributed by atoms with van der Waals surface area (Å²) < 4.78 is 36.6. The van der Waals surface area contributed by atoms with Gasteiger partial charge in [-0.2, -0.15) is 0 Å². The highest BCUT2D eigenvalue weighted by atomic mass is 32.2. The van der Waals surface area contributed by atoms with Crippen molar-refractivity contribution in [2.45, 2.75) is 25.5 Å². The molecule has 3 aromatic rings. The standard InChI is InChI=1S/C26H26N2O6S/c1-17-14-20-15-19(12-13-23(20)28(17)35(3,31)32)26(30)34-24(18-8-5-4-6-9-18)25(29)27-21-10-7-11-22(16-21)33-2/h4-13,15-17,24H,14H2,1-3H3,(H,27,29). The molecule has 1 N–H and O–H groups in total. The number of sulfonamides is 1. The number of rotatable bonds is 7. The van der Waals surface area contributed by atoms with Gasteiger partial charge in [0.2, 0.25) is 16.1 Å². The van der Waals surface area contributed by atoms with Crippen LogP contribution < -0.4 is 14.4 Å². The first kappa shape index (κ1) is 24.3. The van der Waals surface area contributed by atoms with Gasteiger partial charge in [-0.15, -0.1) is 0 Å². The van der Waals surface area contributed by atoms with Crippen molar-refractivity contribution in [3.63, 3.8) is 0 Å². The Morgan fingerprint density at radius 2 is 1.77 bits per heavy atom. The second kappa shape index (κ2) is 9.79. The fourth-order valence-electron chi connectivity index (χ4n) is 4.22. The first-order valence-electron chi connectivity index (χ1n) is 11.0. The van der Waals surface area contributed by atoms with Gasteiger partial charge in [0.25, 0.3) is 5.91 Å². The number of hydrogen-bond donors (Lipinski definition) is 1. The van der Waals surface area contributed by atoms with Crippen LogP contribution in [0.5, 0.6) is 5.75 Å². The second-order valence-electron chi connectivity index (χ2n) is 8.37. The Labute approximate surface area is 204 Å². The normalized spacial score (nSPS) is 15.7. The molecule has 3 aromatic carbocycles. The number of carbonyl (C=O) groups is 2. The summed E-state index contributed by atoms with van der Waals surface area (Å²) >= 11 is 0. The molecule has 182 valence electrons. The summed E-state index contributed by atoms with van der Waals surface area (Å²) in [5.41, 5.74) is 2.53. The predicted molar refractivity (Wildman–Crippen MR) is 133 cm³/mol. The maximum Gasteiger partial charge on any atom is 0.339 e. The van der Waals surface area contributed by atoms with E-state index in [1.54, 1.807) is 66.7 Å². The molecule has 0 fully saturated rings. The van der Waals surface area contributed by atoms with Crippen molar-refractivity contribution in [3.05, 3.63) is 89.5 Å². The van der Waals surface area contributed by atoms with Crippen LogP contribution in [0, 0.1) is 0 Å². The topological polar surface area (TPSA) is 102 Å². The molecule has 2 atom stereocenters. The molecule has 0 aliphatic carbocycles. The summed E-state index contributed by atoms with van der Waals surface area (Å²) in [6.07, 6.45) is 0.434. The highest BCUT2D eigenvalue weighted by Crippen LogP contribution is 2.35. The number of benzene rings is 3. The van der Waals surface area contributed by atoms with E-state index in [0.29, 0.717) is 29.1 Å². The Balaban J connectivity index is 1.59. The van der Waals surface area contributed by atoms with Gasteiger partial charge in [0.1, 0.15) is 5.75 Å². The number of nitrogens with zero attached hydrogens (tertiary/aromatic N) is 1. The van der Waals surface area contributed by atoms with Gasteiger partial charge in [-0.25, -0.2) is 13.2 Å². The number of hydrogen-bond acceptors (Lipinski definition) is 6. The molecule has 35 heavy (non-hydrogen) atoms. The van der Waals surface area contributed by atoms with E-state index >= 15 is 0 Å². The number of methoxy groups -OCH3 is 1. The summed E-state index contributed by atoms with van der Waals surface area (Å²) in [5.74, 6) is -0.629. The number of carbonyl (C=O) groups excluding carboxylic acids is 2. The number of amides is 1. The Morgan fingerprint density at radius 1 is 1.03 bits per heavy atom. The fraction of sp³-hybridized carbons (Fsp3) is 0.231. The van der Waals surface area contributed by atoms with Crippen LogP contribution in [0.4, 0.5) is 11.4 Å². The van der Waals surface area contributed by atoms with Gasteiger partial charge in [0, 0.05) is 23.4 Å². The highest BCUT2D eigenvalue weighted by Gasteiger charge is 2.33. The lowest BCUT2D eigenvalue weighted by molar-refractivity contribution is -0.125. The molecule has 0 aromatic heterocycles. The Morgan fingerprint density at radius 3 is 2.46 bits per heavy atom. The molecule has 0 saturated heterocycles. The minimum atomic E-state index is -3.44. The third-order valence-electron chi connectivity index (χ3n) is 5.73. The van der Waals surface area contributed by atoms with Crippen LogP contribution in [0.1, 0.15) is 34.5 Å². The lowest BCUT2D eigenvalue weighted by Crippen LogP contribution is -2.34. The largest absolute Gasteiger partial charge is 0.497 e. The van der Waals surface area contributed by atoms with Gasteiger partial charge in [-0.3, -0.25) is 9.10 Å². The van der Waals surface area contributed by atoms with E-state index < -0.39 is 28.0 Å². The molecule has 1 heterocycles. The van der Waals surface area contributed by atoms with Gasteiger partial charge in [-0.05, 0) is 49.2 Å². The molecule has 8 nitrogen and oxygen atoms in total. The predicted octanol–water partition coefficient (Wildman–Crippen LogP) is 3.94. The van der Waals surface area contributed by atoms with E-state index in [2.05, 4.69) is 5.32 Å². The zero-order valence-corrected chi connectivity index (χ0v) is 20.4. The van der Waals surface area contributed by atoms with Crippen molar-refractivity contribution < 1.29 is 27.5 Å². The second-order valence-corrected chi connectivity index (χ2v) is 10.2. The van der Waals surface area contributed by atoms with E-state index in [4.69, 9.17) is 9.47 Å². The summed E-state index contributed by atoms with van der Waals surface area (Å²) in [4.78, 5) is 26.3. The van der Waals surface area contributed by atoms with Crippen LogP contribution in [-0.2, 0) is 26.0 Å². The smallest absolute Gasteiger partial charge is 0.339 e. The summed E-state index contributed by atoms with van der Waals surface area (Å²) in [6, 6.07) is 20.1. The minimum Gasteiger partial charge on any atom is -0.497 e. The van der Waals surface area contributed by atoms with Crippen molar-refractivity contribution in [3.8, 4) is 5.75 Å². The first-order chi connectivity index (χ1) is 16.7. The minimum absolute atomic E-state index is 0.237. The molecule has 1 amide bonds. The van der Waals surface area contributed by atoms with Gasteiger partial charge in [0.05, 0.1) is 24.6 Å². The lowest BCUT2D eigenvalue weighted by atomic mass is 10.1. The number of esters is 1. The van der Waals surface area contributed by atoms with Crippen LogP contribution >= 0.6 is 0 Å². The third-order valence-corrected chi connectivity index (χ3v) is 7.00. The van der Waals surface area contributed by atoms with Crippen LogP contribution in [-0.4, -0.2) is 39.7 Å². The van der Waals surface area contributed by atoms with Gasteiger partial charge in [-0.1, -0.05) is 36.4 Å². The Bertz CT molecular complexity index is 1360. The summed E-state index contributed by atoms with van der Waals surface area (Å²) in [7, 11) is -1.91. The van der Waals surface area contributed by atoms with Crippen LogP contribution in [0.15, 0.2) is 72.8 Å². The van der Waals surface area contributed by atoms with Gasteiger partial charge >= 0.3 is 5.97 Å². The molecule has 0 saturated carbocycles. The maximum atomic E-state index is 13.2. The average molecular weight is 495 g/mol. The molecule has 1 aliphatic heterocycles. The van der Waals surface area contributed by atoms with Crippen molar-refractivity contribution in [1.29, 1.82) is 0 Å². The van der Waals surface area contributed by atoms with Crippen molar-refractivity contribution in [1.82, 2.24) is 0 Å². The highest BCUT2D eigenvalue weighted by molar-refractivity contribution is 7.92. The molecule has 4 rings (SSSR count). The third kappa shape index (κ3) is 5.30. The number of fused-ring (bicyclic) bond motifs is 1. The number of ether oxygens (including phenoxy) is 2. The zero-order chi connectivity index (χ0) is 25.2. The molecular formula is C26H26N2O6S. The Hall–Kier alpha value is -3.85. The van der Waals surface area contributed by atoms with E-state index in [1.807, 2.05) is 6.92 Å². The van der Waals surface area contributed by atoms with Crippen molar-refractivity contribution in [2.24, 2.45) is 0 Å². The molecule has 2 unspecified atom stereocenters. The molecule has 0 radical (unpaired) electrons. The van der Waals surface area contributed by atoms with Crippen molar-refractivity contribution >= 4 is 33.3 Å². The Kier molecular flexibility index (Phi) is 6.79. The van der Waals surface area contributed by atoms with Crippen LogP contribution in [0.2, 0.25) is 0 Å². The van der Waals surface area contributed by atoms with Crippen molar-refractivity contribution in [2.75, 3.05) is 23.0 Å². The van der Waals surface area contributed by atoms with Crippen LogP contribution in [0.25, 0.3) is 0 Å². The quantitative estimate of drug-likeness (QED) is 0.499. The first-order valence-corrected chi connectivity index (χ1v) is 12.9. The SMILES string of the molecule is COc1cccc(NC(=O)C(OC(=O)c2ccc3c(c2)CC(C)N3S(C)(=O)=O)c2ccccc2)c1. The molecular weight excluding hydrogens is 468 g/mol. The molecule has 0 spiro atoms. The maximum absolute atomic E-state index is 13.2. The lowest BCUT2D eigenvalue weighted by Gasteiger charge is -2.22. The van der Waals surface area contributed by atoms with E-state index in [-0.39, 0.29) is 11.6 Å². The number of anilines is 2. The van der Waals surface area contributed by atoms with E-state index in [1.165, 1.54) is 17.5 Å². The zero-order valence-electron chi connectivity index (χ0n) is 19.6. The molecule has 0 bridgehead atoms. The molecule has 1 aliphatic rings. The van der Waals surface area contributed by atoms with Gasteiger partial charge in [0.15, 0.2) is 0 Å². The summed E-state index contributed by atoms with van der Waals surface area (Å²) in [5, 5.41) is 2.77. The molecule has 9 heteroatoms. The summed E-state index contributed by atoms with van der Waals surface area (Å²) in [6.45, 7) is 1.81. The van der Waals surface area contributed by atoms with E-state index in [9.17, 15) is 18.0 Å². The van der Waals surface area contributed by atoms with Crippen LogP contribution in [0.3, 0.4) is 0 Å². The van der Waals surface area contributed by atoms with Gasteiger partial charge < -0.3 is 14.8 Å². The van der Waals surface area contributed by atoms with E-state index in [0.717, 1.165) is 11.8 Å².